The molecule has 1 aromatic rings. The average molecular weight is 320 g/mol. The Labute approximate surface area is 128 Å². The van der Waals surface area contributed by atoms with Gasteiger partial charge in [0, 0.05) is 16.5 Å². The summed E-state index contributed by atoms with van der Waals surface area (Å²) in [6.45, 7) is 5.73. The Balaban J connectivity index is 3.00. The minimum Gasteiger partial charge on any atom is -0.591 e. The number of benzene rings is 1. The summed E-state index contributed by atoms with van der Waals surface area (Å²) in [5, 5.41) is 0.678. The van der Waals surface area contributed by atoms with E-state index in [0.29, 0.717) is 17.3 Å². The highest BCUT2D eigenvalue weighted by Gasteiger charge is 2.27. The van der Waals surface area contributed by atoms with Gasteiger partial charge in [-0.1, -0.05) is 28.1 Å². The van der Waals surface area contributed by atoms with Crippen LogP contribution >= 0.6 is 23.2 Å². The smallest absolute Gasteiger partial charge is 0.144 e. The summed E-state index contributed by atoms with van der Waals surface area (Å²) in [5.41, 5.74) is 1.78. The third-order valence-electron chi connectivity index (χ3n) is 2.44. The van der Waals surface area contributed by atoms with Gasteiger partial charge in [0.1, 0.15) is 16.1 Å². The third kappa shape index (κ3) is 5.74. The fraction of sp³-hybridized carbons (Fsp3) is 0.500. The van der Waals surface area contributed by atoms with Crippen LogP contribution in [-0.4, -0.2) is 20.9 Å². The molecule has 0 heterocycles. The molecule has 0 aliphatic rings. The second kappa shape index (κ2) is 7.53. The van der Waals surface area contributed by atoms with E-state index in [4.69, 9.17) is 23.2 Å². The van der Waals surface area contributed by atoms with E-state index >= 15 is 0 Å². The summed E-state index contributed by atoms with van der Waals surface area (Å²) in [4.78, 5) is 0. The summed E-state index contributed by atoms with van der Waals surface area (Å²) in [6, 6.07) is 7.42. The number of hydrogen-bond acceptors (Lipinski definition) is 2. The van der Waals surface area contributed by atoms with Gasteiger partial charge in [-0.2, -0.15) is 0 Å². The van der Waals surface area contributed by atoms with Crippen LogP contribution in [0.1, 0.15) is 39.2 Å². The Bertz CT molecular complexity index is 426. The van der Waals surface area contributed by atoms with Gasteiger partial charge in [0.2, 0.25) is 0 Å². The van der Waals surface area contributed by atoms with E-state index in [0.717, 1.165) is 17.7 Å². The van der Waals surface area contributed by atoms with Gasteiger partial charge in [0.15, 0.2) is 0 Å². The minimum atomic E-state index is -1.26. The molecular formula is C14H19Cl2NOS. The van der Waals surface area contributed by atoms with Gasteiger partial charge in [-0.15, -0.1) is 11.6 Å². The monoisotopic (exact) mass is 319 g/mol. The van der Waals surface area contributed by atoms with Gasteiger partial charge in [0.25, 0.3) is 0 Å². The molecule has 0 aromatic heterocycles. The topological polar surface area (TPSA) is 35.4 Å². The zero-order valence-electron chi connectivity index (χ0n) is 11.5. The molecule has 0 saturated carbocycles. The molecule has 0 aliphatic heterocycles. The first-order chi connectivity index (χ1) is 8.84. The van der Waals surface area contributed by atoms with Gasteiger partial charge < -0.3 is 4.55 Å². The lowest BCUT2D eigenvalue weighted by Gasteiger charge is -2.19. The Morgan fingerprint density at radius 1 is 1.26 bits per heavy atom. The van der Waals surface area contributed by atoms with Crippen molar-refractivity contribution in [3.63, 3.8) is 0 Å². The molecule has 0 bridgehead atoms. The Hall–Kier alpha value is -0.220. The van der Waals surface area contributed by atoms with Crippen molar-refractivity contribution in [3.8, 4) is 0 Å². The summed E-state index contributed by atoms with van der Waals surface area (Å²) in [5.74, 6) is 0.564. The summed E-state index contributed by atoms with van der Waals surface area (Å²) in [6.07, 6.45) is 1.53. The van der Waals surface area contributed by atoms with Crippen LogP contribution in [0.15, 0.2) is 28.7 Å². The molecule has 0 amide bonds. The molecule has 1 unspecified atom stereocenters. The molecule has 0 saturated heterocycles. The molecule has 0 radical (unpaired) electrons. The molecule has 5 heteroatoms. The molecule has 1 atom stereocenters. The first kappa shape index (κ1) is 16.8. The summed E-state index contributed by atoms with van der Waals surface area (Å²) < 4.78 is 16.2. The van der Waals surface area contributed by atoms with Gasteiger partial charge in [-0.25, -0.2) is 0 Å². The van der Waals surface area contributed by atoms with E-state index in [-0.39, 0.29) is 4.75 Å². The summed E-state index contributed by atoms with van der Waals surface area (Å²) in [7, 11) is 0. The van der Waals surface area contributed by atoms with E-state index in [9.17, 15) is 4.55 Å². The molecule has 1 aromatic carbocycles. The normalized spacial score (nSPS) is 14.5. The fourth-order valence-corrected chi connectivity index (χ4v) is 2.29. The average Bonchev–Trinajstić information content (AvgIpc) is 2.34. The first-order valence-electron chi connectivity index (χ1n) is 6.16. The lowest BCUT2D eigenvalue weighted by Crippen LogP contribution is -2.27. The van der Waals surface area contributed by atoms with E-state index in [1.807, 2.05) is 45.0 Å². The van der Waals surface area contributed by atoms with Crippen LogP contribution in [-0.2, 0) is 11.4 Å². The van der Waals surface area contributed by atoms with Crippen LogP contribution in [0.5, 0.6) is 0 Å². The van der Waals surface area contributed by atoms with Crippen molar-refractivity contribution < 1.29 is 4.55 Å². The number of hydrogen-bond donors (Lipinski definition) is 0. The van der Waals surface area contributed by atoms with Crippen molar-refractivity contribution in [1.29, 1.82) is 0 Å². The molecular weight excluding hydrogens is 301 g/mol. The van der Waals surface area contributed by atoms with Crippen molar-refractivity contribution in [3.05, 3.63) is 34.9 Å². The van der Waals surface area contributed by atoms with E-state index < -0.39 is 11.4 Å². The van der Waals surface area contributed by atoms with Crippen LogP contribution in [0, 0.1) is 0 Å². The molecule has 0 N–H and O–H groups in total. The molecule has 1 rings (SSSR count). The predicted molar refractivity (Wildman–Crippen MR) is 85.8 cm³/mol. The molecule has 2 nitrogen and oxygen atoms in total. The highest BCUT2D eigenvalue weighted by molar-refractivity contribution is 7.91. The van der Waals surface area contributed by atoms with Crippen LogP contribution in [0.4, 0.5) is 0 Å². The lowest BCUT2D eigenvalue weighted by molar-refractivity contribution is 0.561. The fourth-order valence-electron chi connectivity index (χ4n) is 1.36. The van der Waals surface area contributed by atoms with Crippen molar-refractivity contribution in [2.45, 2.75) is 38.4 Å². The molecule has 19 heavy (non-hydrogen) atoms. The van der Waals surface area contributed by atoms with Crippen LogP contribution in [0.3, 0.4) is 0 Å². The number of nitrogens with zero attached hydrogens (tertiary/aromatic N) is 1. The zero-order chi connectivity index (χ0) is 14.5. The molecule has 0 fully saturated rings. The van der Waals surface area contributed by atoms with Crippen LogP contribution in [0.2, 0.25) is 5.02 Å². The second-order valence-corrected chi connectivity index (χ2v) is 7.92. The minimum absolute atomic E-state index is 0.362. The Kier molecular flexibility index (Phi) is 6.67. The van der Waals surface area contributed by atoms with Crippen molar-refractivity contribution in [1.82, 2.24) is 0 Å². The Morgan fingerprint density at radius 2 is 1.84 bits per heavy atom. The van der Waals surface area contributed by atoms with Gasteiger partial charge in [-0.05, 0) is 45.7 Å². The number of alkyl halides is 1. The van der Waals surface area contributed by atoms with E-state index in [1.54, 1.807) is 0 Å². The van der Waals surface area contributed by atoms with Crippen LogP contribution < -0.4 is 0 Å². The van der Waals surface area contributed by atoms with Crippen molar-refractivity contribution >= 4 is 40.3 Å². The maximum Gasteiger partial charge on any atom is 0.144 e. The quantitative estimate of drug-likeness (QED) is 0.443. The number of halogens is 2. The standard InChI is InChI=1S/C14H19Cl2NOS/c1-14(2,3)19(18)17-13(5-4-10-15)11-6-8-12(16)9-7-11/h6-9H,4-5,10H2,1-3H3. The van der Waals surface area contributed by atoms with E-state index in [1.165, 1.54) is 0 Å². The van der Waals surface area contributed by atoms with Crippen LogP contribution in [0.25, 0.3) is 0 Å². The molecule has 106 valence electrons. The zero-order valence-corrected chi connectivity index (χ0v) is 13.8. The number of rotatable bonds is 5. The van der Waals surface area contributed by atoms with Gasteiger partial charge in [-0.3, -0.25) is 0 Å². The predicted octanol–water partition coefficient (Wildman–Crippen LogP) is 4.61. The second-order valence-electron chi connectivity index (χ2n) is 5.20. The third-order valence-corrected chi connectivity index (χ3v) is 4.39. The molecule has 0 spiro atoms. The summed E-state index contributed by atoms with van der Waals surface area (Å²) >= 11 is 10.3. The highest BCUT2D eigenvalue weighted by Crippen LogP contribution is 2.20. The van der Waals surface area contributed by atoms with E-state index in [2.05, 4.69) is 4.40 Å². The SMILES string of the molecule is CC(C)(C)[S+]([O-])N=C(CCCCl)c1ccc(Cl)cc1. The maximum atomic E-state index is 12.1. The first-order valence-corrected chi connectivity index (χ1v) is 8.18. The van der Waals surface area contributed by atoms with Gasteiger partial charge in [0.05, 0.1) is 5.71 Å². The van der Waals surface area contributed by atoms with Crippen molar-refractivity contribution in [2.75, 3.05) is 5.88 Å². The highest BCUT2D eigenvalue weighted by atomic mass is 35.5. The van der Waals surface area contributed by atoms with Crippen molar-refractivity contribution in [2.24, 2.45) is 4.40 Å². The molecule has 0 aliphatic carbocycles. The Morgan fingerprint density at radius 3 is 2.32 bits per heavy atom. The maximum absolute atomic E-state index is 12.1. The van der Waals surface area contributed by atoms with Gasteiger partial charge >= 0.3 is 0 Å². The largest absolute Gasteiger partial charge is 0.591 e. The lowest BCUT2D eigenvalue weighted by atomic mass is 10.1.